The maximum atomic E-state index is 5.30. The van der Waals surface area contributed by atoms with Crippen LogP contribution in [0.5, 0.6) is 0 Å². The standard InChI is InChI=1S/C12H19NO/c1-10-5-2-3-7-12(10)13-9-11-6-4-8-14-11/h4,6,8,10,12-13H,2-3,5,7,9H2,1H3/t10-,12-/m0/s1. The van der Waals surface area contributed by atoms with E-state index in [4.69, 9.17) is 4.42 Å². The summed E-state index contributed by atoms with van der Waals surface area (Å²) in [5, 5.41) is 3.58. The van der Waals surface area contributed by atoms with Gasteiger partial charge in [0.1, 0.15) is 5.76 Å². The molecule has 1 heterocycles. The molecule has 0 spiro atoms. The van der Waals surface area contributed by atoms with Crippen molar-refractivity contribution in [2.45, 2.75) is 45.2 Å². The van der Waals surface area contributed by atoms with Gasteiger partial charge in [0.25, 0.3) is 0 Å². The summed E-state index contributed by atoms with van der Waals surface area (Å²) in [5.41, 5.74) is 0. The Morgan fingerprint density at radius 3 is 3.00 bits per heavy atom. The third-order valence-corrected chi connectivity index (χ3v) is 3.23. The van der Waals surface area contributed by atoms with Gasteiger partial charge in [-0.3, -0.25) is 0 Å². The zero-order valence-corrected chi connectivity index (χ0v) is 8.83. The first-order chi connectivity index (χ1) is 6.86. The second kappa shape index (κ2) is 4.65. The molecule has 1 aliphatic rings. The Kier molecular flexibility index (Phi) is 3.25. The van der Waals surface area contributed by atoms with Crippen LogP contribution in [0, 0.1) is 5.92 Å². The predicted molar refractivity (Wildman–Crippen MR) is 57.0 cm³/mol. The minimum atomic E-state index is 0.689. The highest BCUT2D eigenvalue weighted by atomic mass is 16.3. The van der Waals surface area contributed by atoms with Crippen LogP contribution in [-0.4, -0.2) is 6.04 Å². The molecule has 1 N–H and O–H groups in total. The summed E-state index contributed by atoms with van der Waals surface area (Å²) in [6, 6.07) is 4.66. The summed E-state index contributed by atoms with van der Waals surface area (Å²) < 4.78 is 5.30. The highest BCUT2D eigenvalue weighted by Crippen LogP contribution is 2.23. The fourth-order valence-electron chi connectivity index (χ4n) is 2.26. The molecule has 0 aliphatic heterocycles. The van der Waals surface area contributed by atoms with E-state index in [1.807, 2.05) is 12.1 Å². The van der Waals surface area contributed by atoms with E-state index in [9.17, 15) is 0 Å². The van der Waals surface area contributed by atoms with Crippen molar-refractivity contribution in [3.05, 3.63) is 24.2 Å². The summed E-state index contributed by atoms with van der Waals surface area (Å²) in [4.78, 5) is 0. The van der Waals surface area contributed by atoms with Crippen LogP contribution in [0.3, 0.4) is 0 Å². The average Bonchev–Trinajstić information content (AvgIpc) is 2.69. The van der Waals surface area contributed by atoms with Crippen LogP contribution < -0.4 is 5.32 Å². The number of nitrogens with one attached hydrogen (secondary N) is 1. The van der Waals surface area contributed by atoms with Gasteiger partial charge in [0.05, 0.1) is 12.8 Å². The van der Waals surface area contributed by atoms with Gasteiger partial charge in [-0.1, -0.05) is 19.8 Å². The number of hydrogen-bond acceptors (Lipinski definition) is 2. The topological polar surface area (TPSA) is 25.2 Å². The molecule has 0 amide bonds. The van der Waals surface area contributed by atoms with Crippen LogP contribution in [0.4, 0.5) is 0 Å². The van der Waals surface area contributed by atoms with Crippen molar-refractivity contribution in [2.75, 3.05) is 0 Å². The van der Waals surface area contributed by atoms with Crippen LogP contribution in [-0.2, 0) is 6.54 Å². The largest absolute Gasteiger partial charge is 0.468 e. The van der Waals surface area contributed by atoms with E-state index in [1.54, 1.807) is 6.26 Å². The zero-order chi connectivity index (χ0) is 9.80. The molecular formula is C12H19NO. The second-order valence-corrected chi connectivity index (χ2v) is 4.33. The van der Waals surface area contributed by atoms with Crippen LogP contribution in [0.25, 0.3) is 0 Å². The Labute approximate surface area is 85.7 Å². The summed E-state index contributed by atoms with van der Waals surface area (Å²) >= 11 is 0. The first-order valence-corrected chi connectivity index (χ1v) is 5.62. The first kappa shape index (κ1) is 9.78. The molecule has 14 heavy (non-hydrogen) atoms. The molecule has 1 fully saturated rings. The zero-order valence-electron chi connectivity index (χ0n) is 8.83. The minimum absolute atomic E-state index is 0.689. The van der Waals surface area contributed by atoms with Crippen molar-refractivity contribution in [1.29, 1.82) is 0 Å². The summed E-state index contributed by atoms with van der Waals surface area (Å²) in [5.74, 6) is 1.86. The van der Waals surface area contributed by atoms with Gasteiger partial charge in [0, 0.05) is 6.04 Å². The molecule has 2 atom stereocenters. The lowest BCUT2D eigenvalue weighted by Gasteiger charge is -2.29. The summed E-state index contributed by atoms with van der Waals surface area (Å²) in [6.07, 6.45) is 7.21. The highest BCUT2D eigenvalue weighted by Gasteiger charge is 2.20. The van der Waals surface area contributed by atoms with Crippen molar-refractivity contribution in [3.8, 4) is 0 Å². The molecule has 0 radical (unpaired) electrons. The number of rotatable bonds is 3. The molecule has 2 rings (SSSR count). The fourth-order valence-corrected chi connectivity index (χ4v) is 2.26. The van der Waals surface area contributed by atoms with Crippen molar-refractivity contribution in [1.82, 2.24) is 5.32 Å². The molecule has 78 valence electrons. The van der Waals surface area contributed by atoms with E-state index in [0.717, 1.165) is 18.2 Å². The SMILES string of the molecule is C[C@H]1CCCC[C@@H]1NCc1ccco1. The second-order valence-electron chi connectivity index (χ2n) is 4.33. The molecule has 0 bridgehead atoms. The Hall–Kier alpha value is -0.760. The Morgan fingerprint density at radius 1 is 1.43 bits per heavy atom. The van der Waals surface area contributed by atoms with E-state index < -0.39 is 0 Å². The Balaban J connectivity index is 1.79. The lowest BCUT2D eigenvalue weighted by atomic mass is 9.86. The van der Waals surface area contributed by atoms with Crippen molar-refractivity contribution in [2.24, 2.45) is 5.92 Å². The van der Waals surface area contributed by atoms with Gasteiger partial charge in [-0.15, -0.1) is 0 Å². The lowest BCUT2D eigenvalue weighted by Crippen LogP contribution is -2.36. The van der Waals surface area contributed by atoms with E-state index in [0.29, 0.717) is 6.04 Å². The number of furan rings is 1. The lowest BCUT2D eigenvalue weighted by molar-refractivity contribution is 0.273. The third-order valence-electron chi connectivity index (χ3n) is 3.23. The maximum Gasteiger partial charge on any atom is 0.117 e. The van der Waals surface area contributed by atoms with Crippen molar-refractivity contribution in [3.63, 3.8) is 0 Å². The van der Waals surface area contributed by atoms with Gasteiger partial charge in [-0.05, 0) is 30.9 Å². The van der Waals surface area contributed by atoms with Gasteiger partial charge in [-0.2, -0.15) is 0 Å². The third kappa shape index (κ3) is 2.38. The summed E-state index contributed by atoms with van der Waals surface area (Å²) in [7, 11) is 0. The fraction of sp³-hybridized carbons (Fsp3) is 0.667. The van der Waals surface area contributed by atoms with E-state index >= 15 is 0 Å². The highest BCUT2D eigenvalue weighted by molar-refractivity contribution is 4.98. The summed E-state index contributed by atoms with van der Waals surface area (Å²) in [6.45, 7) is 3.22. The van der Waals surface area contributed by atoms with E-state index in [1.165, 1.54) is 25.7 Å². The van der Waals surface area contributed by atoms with Gasteiger partial charge in [0.2, 0.25) is 0 Å². The monoisotopic (exact) mass is 193 g/mol. The van der Waals surface area contributed by atoms with Gasteiger partial charge in [0.15, 0.2) is 0 Å². The maximum absolute atomic E-state index is 5.30. The molecule has 1 aliphatic carbocycles. The van der Waals surface area contributed by atoms with Gasteiger partial charge < -0.3 is 9.73 Å². The van der Waals surface area contributed by atoms with Crippen LogP contribution in [0.1, 0.15) is 38.4 Å². The first-order valence-electron chi connectivity index (χ1n) is 5.62. The van der Waals surface area contributed by atoms with E-state index in [-0.39, 0.29) is 0 Å². The molecule has 0 saturated heterocycles. The molecule has 0 aromatic carbocycles. The molecule has 0 unspecified atom stereocenters. The normalized spacial score (nSPS) is 27.8. The van der Waals surface area contributed by atoms with Gasteiger partial charge >= 0.3 is 0 Å². The Bertz CT molecular complexity index is 255. The molecule has 1 aromatic rings. The van der Waals surface area contributed by atoms with Crippen LogP contribution in [0.2, 0.25) is 0 Å². The smallest absolute Gasteiger partial charge is 0.117 e. The molecular weight excluding hydrogens is 174 g/mol. The quantitative estimate of drug-likeness (QED) is 0.798. The Morgan fingerprint density at radius 2 is 2.29 bits per heavy atom. The van der Waals surface area contributed by atoms with Crippen LogP contribution >= 0.6 is 0 Å². The minimum Gasteiger partial charge on any atom is -0.468 e. The van der Waals surface area contributed by atoms with E-state index in [2.05, 4.69) is 12.2 Å². The predicted octanol–water partition coefficient (Wildman–Crippen LogP) is 2.95. The van der Waals surface area contributed by atoms with Crippen molar-refractivity contribution < 1.29 is 4.42 Å². The molecule has 1 aromatic heterocycles. The van der Waals surface area contributed by atoms with Crippen molar-refractivity contribution >= 4 is 0 Å². The van der Waals surface area contributed by atoms with Crippen LogP contribution in [0.15, 0.2) is 22.8 Å². The molecule has 2 nitrogen and oxygen atoms in total. The number of hydrogen-bond donors (Lipinski definition) is 1. The van der Waals surface area contributed by atoms with Gasteiger partial charge in [-0.25, -0.2) is 0 Å². The molecule has 1 saturated carbocycles. The molecule has 2 heteroatoms. The average molecular weight is 193 g/mol.